The van der Waals surface area contributed by atoms with Gasteiger partial charge < -0.3 is 4.90 Å². The summed E-state index contributed by atoms with van der Waals surface area (Å²) in [6, 6.07) is 13.0. The number of anilines is 1. The molecule has 30 heavy (non-hydrogen) atoms. The van der Waals surface area contributed by atoms with Crippen LogP contribution in [0.5, 0.6) is 0 Å². The minimum Gasteiger partial charge on any atom is -0.355 e. The molecule has 2 unspecified atom stereocenters. The number of rotatable bonds is 3. The van der Waals surface area contributed by atoms with Crippen molar-refractivity contribution < 1.29 is 13.2 Å². The second-order valence-electron chi connectivity index (χ2n) is 7.91. The number of alkyl halides is 3. The van der Waals surface area contributed by atoms with Gasteiger partial charge in [0.25, 0.3) is 5.82 Å². The lowest BCUT2D eigenvalue weighted by Gasteiger charge is -2.22. The first-order valence-corrected chi connectivity index (χ1v) is 9.67. The van der Waals surface area contributed by atoms with Gasteiger partial charge in [-0.2, -0.15) is 22.9 Å². The standard InChI is InChI=1S/C20H18F3N7/c21-20(22,23)19-26-25-17-5-6-18(27-30(17)19)29-11-15-9-28(10-16(15)12-29)8-14-3-1-13(7-24)2-4-14/h1-6,15-16H,8-12H2. The van der Waals surface area contributed by atoms with E-state index in [9.17, 15) is 13.2 Å². The van der Waals surface area contributed by atoms with Crippen LogP contribution in [-0.2, 0) is 12.7 Å². The number of nitriles is 1. The Hall–Kier alpha value is -3.19. The number of hydrogen-bond acceptors (Lipinski definition) is 6. The maximum absolute atomic E-state index is 13.1. The Balaban J connectivity index is 1.27. The SMILES string of the molecule is N#Cc1ccc(CN2CC3CN(c4ccc5nnc(C(F)(F)F)n5n4)CC3C2)cc1. The van der Waals surface area contributed by atoms with E-state index in [1.54, 1.807) is 6.07 Å². The molecule has 4 heterocycles. The first-order chi connectivity index (χ1) is 14.4. The van der Waals surface area contributed by atoms with E-state index in [0.29, 0.717) is 23.2 Å². The van der Waals surface area contributed by atoms with Crippen LogP contribution in [-0.4, -0.2) is 50.9 Å². The monoisotopic (exact) mass is 413 g/mol. The van der Waals surface area contributed by atoms with Crippen LogP contribution in [0.2, 0.25) is 0 Å². The molecule has 0 bridgehead atoms. The number of hydrogen-bond donors (Lipinski definition) is 0. The molecule has 0 saturated carbocycles. The highest BCUT2D eigenvalue weighted by Crippen LogP contribution is 2.34. The summed E-state index contributed by atoms with van der Waals surface area (Å²) in [5, 5.41) is 19.9. The van der Waals surface area contributed by atoms with Crippen LogP contribution < -0.4 is 4.90 Å². The molecule has 3 aromatic rings. The molecule has 7 nitrogen and oxygen atoms in total. The summed E-state index contributed by atoms with van der Waals surface area (Å²) in [7, 11) is 0. The Morgan fingerprint density at radius 2 is 1.67 bits per heavy atom. The van der Waals surface area contributed by atoms with E-state index in [-0.39, 0.29) is 5.65 Å². The zero-order chi connectivity index (χ0) is 20.9. The molecular formula is C20H18F3N7. The quantitative estimate of drug-likeness (QED) is 0.657. The molecule has 2 aliphatic heterocycles. The molecule has 2 aromatic heterocycles. The Kier molecular flexibility index (Phi) is 4.36. The van der Waals surface area contributed by atoms with E-state index in [0.717, 1.165) is 37.2 Å². The molecule has 2 aliphatic rings. The second-order valence-corrected chi connectivity index (χ2v) is 7.91. The average Bonchev–Trinajstić information content (AvgIpc) is 3.40. The maximum Gasteiger partial charge on any atom is 0.453 e. The lowest BCUT2D eigenvalue weighted by molar-refractivity contribution is -0.146. The average molecular weight is 413 g/mol. The summed E-state index contributed by atoms with van der Waals surface area (Å²) in [5.41, 5.74) is 1.91. The summed E-state index contributed by atoms with van der Waals surface area (Å²) >= 11 is 0. The van der Waals surface area contributed by atoms with E-state index in [1.807, 2.05) is 29.2 Å². The van der Waals surface area contributed by atoms with Gasteiger partial charge in [0.2, 0.25) is 0 Å². The highest BCUT2D eigenvalue weighted by Gasteiger charge is 2.41. The van der Waals surface area contributed by atoms with Gasteiger partial charge in [-0.1, -0.05) is 12.1 Å². The topological polar surface area (TPSA) is 73.4 Å². The third-order valence-corrected chi connectivity index (χ3v) is 5.88. The van der Waals surface area contributed by atoms with E-state index in [2.05, 4.69) is 26.3 Å². The highest BCUT2D eigenvalue weighted by molar-refractivity contribution is 5.47. The van der Waals surface area contributed by atoms with Crippen molar-refractivity contribution in [3.63, 3.8) is 0 Å². The predicted octanol–water partition coefficient (Wildman–Crippen LogP) is 2.58. The van der Waals surface area contributed by atoms with E-state index < -0.39 is 12.0 Å². The summed E-state index contributed by atoms with van der Waals surface area (Å²) in [5.74, 6) is 0.306. The number of halogens is 3. The molecule has 0 amide bonds. The van der Waals surface area contributed by atoms with Gasteiger partial charge in [0.15, 0.2) is 5.65 Å². The van der Waals surface area contributed by atoms with Crippen LogP contribution in [0.1, 0.15) is 17.0 Å². The second kappa shape index (κ2) is 6.95. The Bertz CT molecular complexity index is 1100. The van der Waals surface area contributed by atoms with Crippen LogP contribution in [0.15, 0.2) is 36.4 Å². The molecule has 2 atom stereocenters. The number of fused-ring (bicyclic) bond motifs is 2. The van der Waals surface area contributed by atoms with E-state index in [1.165, 1.54) is 11.6 Å². The smallest absolute Gasteiger partial charge is 0.355 e. The Labute approximate surface area is 170 Å². The van der Waals surface area contributed by atoms with Crippen LogP contribution >= 0.6 is 0 Å². The van der Waals surface area contributed by atoms with Crippen molar-refractivity contribution in [1.29, 1.82) is 5.26 Å². The summed E-state index contributed by atoms with van der Waals surface area (Å²) < 4.78 is 40.1. The third kappa shape index (κ3) is 3.35. The van der Waals surface area contributed by atoms with Crippen molar-refractivity contribution in [1.82, 2.24) is 24.7 Å². The first kappa shape index (κ1) is 18.8. The van der Waals surface area contributed by atoms with Crippen molar-refractivity contribution in [2.24, 2.45) is 11.8 Å². The molecule has 0 aliphatic carbocycles. The zero-order valence-electron chi connectivity index (χ0n) is 15.9. The van der Waals surface area contributed by atoms with Crippen LogP contribution in [0.25, 0.3) is 5.65 Å². The van der Waals surface area contributed by atoms with Gasteiger partial charge in [-0.05, 0) is 41.7 Å². The van der Waals surface area contributed by atoms with Gasteiger partial charge in [0, 0.05) is 32.7 Å². The molecule has 2 fully saturated rings. The summed E-state index contributed by atoms with van der Waals surface area (Å²) in [6.45, 7) is 4.22. The number of aromatic nitrogens is 4. The molecule has 10 heteroatoms. The molecular weight excluding hydrogens is 395 g/mol. The zero-order valence-corrected chi connectivity index (χ0v) is 15.9. The predicted molar refractivity (Wildman–Crippen MR) is 101 cm³/mol. The highest BCUT2D eigenvalue weighted by atomic mass is 19.4. The minimum atomic E-state index is -4.60. The van der Waals surface area contributed by atoms with E-state index in [4.69, 9.17) is 5.26 Å². The lowest BCUT2D eigenvalue weighted by Crippen LogP contribution is -2.29. The third-order valence-electron chi connectivity index (χ3n) is 5.88. The summed E-state index contributed by atoms with van der Waals surface area (Å²) in [4.78, 5) is 4.44. The van der Waals surface area contributed by atoms with Crippen molar-refractivity contribution in [2.75, 3.05) is 31.1 Å². The molecule has 0 spiro atoms. The van der Waals surface area contributed by atoms with Crippen LogP contribution in [0.3, 0.4) is 0 Å². The molecule has 0 radical (unpaired) electrons. The van der Waals surface area contributed by atoms with Crippen molar-refractivity contribution in [2.45, 2.75) is 12.7 Å². The first-order valence-electron chi connectivity index (χ1n) is 9.67. The largest absolute Gasteiger partial charge is 0.453 e. The molecule has 1 aromatic carbocycles. The van der Waals surface area contributed by atoms with Crippen molar-refractivity contribution in [3.8, 4) is 6.07 Å². The maximum atomic E-state index is 13.1. The van der Waals surface area contributed by atoms with Crippen LogP contribution in [0.4, 0.5) is 19.0 Å². The Morgan fingerprint density at radius 1 is 0.967 bits per heavy atom. The fraction of sp³-hybridized carbons (Fsp3) is 0.400. The van der Waals surface area contributed by atoms with Gasteiger partial charge in [0.1, 0.15) is 5.82 Å². The normalized spacial score (nSPS) is 21.9. The number of likely N-dealkylation sites (tertiary alicyclic amines) is 1. The van der Waals surface area contributed by atoms with Crippen molar-refractivity contribution >= 4 is 11.5 Å². The summed E-state index contributed by atoms with van der Waals surface area (Å²) in [6.07, 6.45) is -4.60. The van der Waals surface area contributed by atoms with Gasteiger partial charge in [-0.15, -0.1) is 15.3 Å². The van der Waals surface area contributed by atoms with E-state index >= 15 is 0 Å². The molecule has 5 rings (SSSR count). The fourth-order valence-electron chi connectivity index (χ4n) is 4.47. The Morgan fingerprint density at radius 3 is 2.30 bits per heavy atom. The van der Waals surface area contributed by atoms with Gasteiger partial charge >= 0.3 is 6.18 Å². The number of nitrogens with zero attached hydrogens (tertiary/aromatic N) is 7. The number of benzene rings is 1. The van der Waals surface area contributed by atoms with Crippen LogP contribution in [0, 0.1) is 23.2 Å². The van der Waals surface area contributed by atoms with Crippen molar-refractivity contribution in [3.05, 3.63) is 53.3 Å². The molecule has 0 N–H and O–H groups in total. The lowest BCUT2D eigenvalue weighted by atomic mass is 10.0. The minimum absolute atomic E-state index is 0.0825. The molecule has 2 saturated heterocycles. The van der Waals surface area contributed by atoms with Gasteiger partial charge in [-0.3, -0.25) is 4.90 Å². The molecule has 154 valence electrons. The van der Waals surface area contributed by atoms with Gasteiger partial charge in [0.05, 0.1) is 11.6 Å². The fourth-order valence-corrected chi connectivity index (χ4v) is 4.47. The van der Waals surface area contributed by atoms with Gasteiger partial charge in [-0.25, -0.2) is 0 Å².